The highest BCUT2D eigenvalue weighted by Crippen LogP contribution is 2.32. The van der Waals surface area contributed by atoms with Gasteiger partial charge in [-0.25, -0.2) is 0 Å². The van der Waals surface area contributed by atoms with Crippen LogP contribution in [0.15, 0.2) is 12.4 Å². The summed E-state index contributed by atoms with van der Waals surface area (Å²) in [7, 11) is 1.91. The van der Waals surface area contributed by atoms with Crippen LogP contribution >= 0.6 is 24.8 Å². The van der Waals surface area contributed by atoms with Gasteiger partial charge in [-0.1, -0.05) is 0 Å². The summed E-state index contributed by atoms with van der Waals surface area (Å²) >= 11 is 0. The summed E-state index contributed by atoms with van der Waals surface area (Å²) < 4.78 is 1.80. The van der Waals surface area contributed by atoms with Crippen LogP contribution in [0.3, 0.4) is 0 Å². The average molecular weight is 336 g/mol. The Kier molecular flexibility index (Phi) is 5.90. The van der Waals surface area contributed by atoms with Crippen molar-refractivity contribution < 1.29 is 4.79 Å². The molecule has 3 N–H and O–H groups in total. The van der Waals surface area contributed by atoms with E-state index in [-0.39, 0.29) is 36.8 Å². The summed E-state index contributed by atoms with van der Waals surface area (Å²) in [6, 6.07) is 0.197. The highest BCUT2D eigenvalue weighted by atomic mass is 35.5. The van der Waals surface area contributed by atoms with E-state index in [1.807, 2.05) is 19.4 Å². The van der Waals surface area contributed by atoms with E-state index in [0.717, 1.165) is 44.5 Å². The molecule has 2 fully saturated rings. The molecule has 1 aliphatic carbocycles. The van der Waals surface area contributed by atoms with Gasteiger partial charge in [-0.3, -0.25) is 9.48 Å². The molecule has 2 aliphatic rings. The third kappa shape index (κ3) is 4.02. The third-order valence-corrected chi connectivity index (χ3v) is 4.05. The molecule has 21 heavy (non-hydrogen) atoms. The largest absolute Gasteiger partial charge is 0.367 e. The number of piperidine rings is 1. The van der Waals surface area contributed by atoms with Gasteiger partial charge in [0.1, 0.15) is 0 Å². The van der Waals surface area contributed by atoms with E-state index in [2.05, 4.69) is 15.3 Å². The summed E-state index contributed by atoms with van der Waals surface area (Å²) in [4.78, 5) is 14.2. The fraction of sp³-hybridized carbons (Fsp3) is 0.692. The molecule has 1 unspecified atom stereocenters. The maximum Gasteiger partial charge on any atom is 0.240 e. The topological polar surface area (TPSA) is 76.2 Å². The number of hydrogen-bond acceptors (Lipinski definition) is 4. The lowest BCUT2D eigenvalue weighted by molar-refractivity contribution is -0.124. The number of carbonyl (C=O) groups excluding carboxylic acids is 1. The van der Waals surface area contributed by atoms with Gasteiger partial charge in [0.15, 0.2) is 0 Å². The molecule has 0 aromatic carbocycles. The first-order valence-electron chi connectivity index (χ1n) is 6.90. The molecule has 0 radical (unpaired) electrons. The van der Waals surface area contributed by atoms with Crippen LogP contribution in [0.25, 0.3) is 0 Å². The van der Waals surface area contributed by atoms with Crippen LogP contribution in [-0.2, 0) is 11.8 Å². The highest BCUT2D eigenvalue weighted by molar-refractivity contribution is 5.89. The van der Waals surface area contributed by atoms with Gasteiger partial charge in [-0.15, -0.1) is 24.8 Å². The number of halogens is 2. The number of anilines is 1. The molecule has 6 nitrogen and oxygen atoms in total. The van der Waals surface area contributed by atoms with Crippen LogP contribution in [0, 0.1) is 0 Å². The standard InChI is InChI=1S/C13H21N5O.2ClH/c1-17-9-11(7-15-17)18-6-2-3-10(8-18)16-12(19)13(14)4-5-13;;/h7,9-10H,2-6,8,14H2,1H3,(H,16,19);2*1H. The minimum atomic E-state index is -0.573. The van der Waals surface area contributed by atoms with Gasteiger partial charge in [0.25, 0.3) is 0 Å². The molecule has 1 aromatic heterocycles. The first kappa shape index (κ1) is 18.1. The summed E-state index contributed by atoms with van der Waals surface area (Å²) in [5, 5.41) is 7.29. The van der Waals surface area contributed by atoms with Crippen LogP contribution in [0.2, 0.25) is 0 Å². The molecular weight excluding hydrogens is 313 g/mol. The SMILES string of the molecule is Cl.Cl.Cn1cc(N2CCCC(NC(=O)C3(N)CC3)C2)cn1. The first-order valence-corrected chi connectivity index (χ1v) is 6.90. The molecule has 1 saturated heterocycles. The highest BCUT2D eigenvalue weighted by Gasteiger charge is 2.46. The smallest absolute Gasteiger partial charge is 0.240 e. The summed E-state index contributed by atoms with van der Waals surface area (Å²) in [5.74, 6) is 0.0190. The Hall–Kier alpha value is -0.980. The maximum atomic E-state index is 12.0. The molecule has 0 spiro atoms. The number of hydrogen-bond donors (Lipinski definition) is 2. The molecule has 120 valence electrons. The lowest BCUT2D eigenvalue weighted by Crippen LogP contribution is -2.53. The van der Waals surface area contributed by atoms with Gasteiger partial charge >= 0.3 is 0 Å². The predicted molar refractivity (Wildman–Crippen MR) is 87.2 cm³/mol. The minimum absolute atomic E-state index is 0. The lowest BCUT2D eigenvalue weighted by atomic mass is 10.0. The molecule has 1 atom stereocenters. The molecule has 1 aromatic rings. The van der Waals surface area contributed by atoms with Gasteiger partial charge in [0.2, 0.25) is 5.91 Å². The van der Waals surface area contributed by atoms with E-state index >= 15 is 0 Å². The zero-order valence-electron chi connectivity index (χ0n) is 12.1. The number of amides is 1. The van der Waals surface area contributed by atoms with Crippen molar-refractivity contribution in [2.45, 2.75) is 37.3 Å². The van der Waals surface area contributed by atoms with Crippen LogP contribution in [0.1, 0.15) is 25.7 Å². The Morgan fingerprint density at radius 1 is 1.48 bits per heavy atom. The Balaban J connectivity index is 0.00000110. The number of rotatable bonds is 3. The molecule has 1 amide bonds. The summed E-state index contributed by atoms with van der Waals surface area (Å²) in [5.41, 5.74) is 6.47. The van der Waals surface area contributed by atoms with Crippen LogP contribution in [0.5, 0.6) is 0 Å². The molecule has 1 aliphatic heterocycles. The monoisotopic (exact) mass is 335 g/mol. The number of carbonyl (C=O) groups is 1. The first-order chi connectivity index (χ1) is 9.07. The van der Waals surface area contributed by atoms with Crippen molar-refractivity contribution in [3.05, 3.63) is 12.4 Å². The van der Waals surface area contributed by atoms with Gasteiger partial charge < -0.3 is 16.0 Å². The predicted octanol–water partition coefficient (Wildman–Crippen LogP) is 0.840. The van der Waals surface area contributed by atoms with Crippen molar-refractivity contribution in [2.75, 3.05) is 18.0 Å². The van der Waals surface area contributed by atoms with Gasteiger partial charge in [0.05, 0.1) is 17.4 Å². The number of aromatic nitrogens is 2. The van der Waals surface area contributed by atoms with Crippen molar-refractivity contribution in [1.82, 2.24) is 15.1 Å². The molecule has 1 saturated carbocycles. The van der Waals surface area contributed by atoms with E-state index in [0.29, 0.717) is 0 Å². The maximum absolute atomic E-state index is 12.0. The van der Waals surface area contributed by atoms with E-state index < -0.39 is 5.54 Å². The van der Waals surface area contributed by atoms with Crippen LogP contribution in [-0.4, -0.2) is 40.4 Å². The van der Waals surface area contributed by atoms with Crippen molar-refractivity contribution in [2.24, 2.45) is 12.8 Å². The van der Waals surface area contributed by atoms with E-state index in [4.69, 9.17) is 5.73 Å². The normalized spacial score (nSPS) is 22.8. The fourth-order valence-electron chi connectivity index (χ4n) is 2.59. The second-order valence-corrected chi connectivity index (χ2v) is 5.79. The van der Waals surface area contributed by atoms with Crippen LogP contribution in [0.4, 0.5) is 5.69 Å². The Morgan fingerprint density at radius 2 is 2.19 bits per heavy atom. The second-order valence-electron chi connectivity index (χ2n) is 5.79. The van der Waals surface area contributed by atoms with E-state index in [9.17, 15) is 4.79 Å². The molecule has 2 heterocycles. The third-order valence-electron chi connectivity index (χ3n) is 4.05. The Labute approximate surface area is 137 Å². The Morgan fingerprint density at radius 3 is 2.76 bits per heavy atom. The van der Waals surface area contributed by atoms with Crippen molar-refractivity contribution in [3.8, 4) is 0 Å². The minimum Gasteiger partial charge on any atom is -0.367 e. The molecule has 8 heteroatoms. The molecule has 0 bridgehead atoms. The van der Waals surface area contributed by atoms with Gasteiger partial charge in [-0.05, 0) is 25.7 Å². The Bertz CT molecular complexity index is 489. The van der Waals surface area contributed by atoms with Gasteiger partial charge in [0, 0.05) is 32.4 Å². The summed E-state index contributed by atoms with van der Waals surface area (Å²) in [6.45, 7) is 1.86. The zero-order valence-corrected chi connectivity index (χ0v) is 13.8. The average Bonchev–Trinajstić information content (AvgIpc) is 2.99. The number of aryl methyl sites for hydroxylation is 1. The van der Waals surface area contributed by atoms with E-state index in [1.54, 1.807) is 4.68 Å². The fourth-order valence-corrected chi connectivity index (χ4v) is 2.59. The zero-order chi connectivity index (χ0) is 13.5. The van der Waals surface area contributed by atoms with Crippen molar-refractivity contribution >= 4 is 36.4 Å². The van der Waals surface area contributed by atoms with Crippen molar-refractivity contribution in [3.63, 3.8) is 0 Å². The lowest BCUT2D eigenvalue weighted by Gasteiger charge is -2.34. The summed E-state index contributed by atoms with van der Waals surface area (Å²) in [6.07, 6.45) is 7.62. The number of nitrogens with zero attached hydrogens (tertiary/aromatic N) is 3. The number of nitrogens with two attached hydrogens (primary N) is 1. The quantitative estimate of drug-likeness (QED) is 0.858. The number of nitrogens with one attached hydrogen (secondary N) is 1. The van der Waals surface area contributed by atoms with Crippen LogP contribution < -0.4 is 16.0 Å². The second kappa shape index (κ2) is 6.85. The molecule has 3 rings (SSSR count). The molecular formula is C13H23Cl2N5O. The van der Waals surface area contributed by atoms with E-state index in [1.165, 1.54) is 0 Å². The van der Waals surface area contributed by atoms with Crippen molar-refractivity contribution in [1.29, 1.82) is 0 Å². The van der Waals surface area contributed by atoms with Gasteiger partial charge in [-0.2, -0.15) is 5.10 Å².